The summed E-state index contributed by atoms with van der Waals surface area (Å²) in [5, 5.41) is 15.4. The quantitative estimate of drug-likeness (QED) is 0.803. The number of halogens is 4. The molecule has 0 atom stereocenters. The number of nitrogens with zero attached hydrogens (tertiary/aromatic N) is 5. The highest BCUT2D eigenvalue weighted by Gasteiger charge is 2.43. The van der Waals surface area contributed by atoms with Crippen LogP contribution in [0.25, 0.3) is 11.4 Å². The van der Waals surface area contributed by atoms with E-state index in [1.165, 1.54) is 0 Å². The standard InChI is InChI=1S/C6H4F4N6/c7-5(8)6(9,10)16-2-3(1-11-16)4-12-14-15-13-4/h1-2,5H,(H,12,13,14,15). The van der Waals surface area contributed by atoms with Crippen LogP contribution in [0.1, 0.15) is 0 Å². The highest BCUT2D eigenvalue weighted by Crippen LogP contribution is 2.29. The van der Waals surface area contributed by atoms with Crippen LogP contribution in [0.15, 0.2) is 12.4 Å². The molecule has 10 heteroatoms. The fraction of sp³-hybridized carbons (Fsp3) is 0.333. The summed E-state index contributed by atoms with van der Waals surface area (Å²) in [5.74, 6) is -0.00341. The van der Waals surface area contributed by atoms with Crippen LogP contribution >= 0.6 is 0 Å². The van der Waals surface area contributed by atoms with E-state index in [9.17, 15) is 17.6 Å². The lowest BCUT2D eigenvalue weighted by Crippen LogP contribution is -2.31. The van der Waals surface area contributed by atoms with Gasteiger partial charge in [-0.15, -0.1) is 10.2 Å². The fourth-order valence-corrected chi connectivity index (χ4v) is 0.985. The minimum absolute atomic E-state index is 0.00341. The van der Waals surface area contributed by atoms with Crippen molar-refractivity contribution in [3.8, 4) is 11.4 Å². The summed E-state index contributed by atoms with van der Waals surface area (Å²) < 4.78 is 49.5. The predicted molar refractivity (Wildman–Crippen MR) is 41.6 cm³/mol. The fourth-order valence-electron chi connectivity index (χ4n) is 0.985. The molecular formula is C6H4F4N6. The van der Waals surface area contributed by atoms with Gasteiger partial charge in [-0.3, -0.25) is 0 Å². The van der Waals surface area contributed by atoms with Crippen molar-refractivity contribution in [2.45, 2.75) is 12.5 Å². The summed E-state index contributed by atoms with van der Waals surface area (Å²) in [7, 11) is 0. The van der Waals surface area contributed by atoms with Gasteiger partial charge in [0.25, 0.3) is 0 Å². The lowest BCUT2D eigenvalue weighted by atomic mass is 10.3. The highest BCUT2D eigenvalue weighted by atomic mass is 19.3. The molecule has 0 saturated carbocycles. The van der Waals surface area contributed by atoms with Crippen molar-refractivity contribution in [1.29, 1.82) is 0 Å². The first-order chi connectivity index (χ1) is 7.51. The molecule has 0 aliphatic heterocycles. The number of hydrogen-bond acceptors (Lipinski definition) is 4. The topological polar surface area (TPSA) is 72.3 Å². The number of tetrazole rings is 1. The normalized spacial score (nSPS) is 12.3. The van der Waals surface area contributed by atoms with Gasteiger partial charge in [0.05, 0.1) is 11.8 Å². The summed E-state index contributed by atoms with van der Waals surface area (Å²) in [6.07, 6.45) is -2.18. The third kappa shape index (κ3) is 1.61. The lowest BCUT2D eigenvalue weighted by Gasteiger charge is -2.14. The van der Waals surface area contributed by atoms with Crippen LogP contribution in [-0.2, 0) is 6.05 Å². The van der Waals surface area contributed by atoms with Gasteiger partial charge >= 0.3 is 12.5 Å². The van der Waals surface area contributed by atoms with E-state index in [2.05, 4.69) is 25.7 Å². The molecule has 2 heterocycles. The van der Waals surface area contributed by atoms with E-state index >= 15 is 0 Å². The zero-order valence-corrected chi connectivity index (χ0v) is 7.48. The minimum Gasteiger partial charge on any atom is -0.203 e. The van der Waals surface area contributed by atoms with Gasteiger partial charge in [0.2, 0.25) is 5.82 Å². The number of alkyl halides is 4. The highest BCUT2D eigenvalue weighted by molar-refractivity contribution is 5.50. The second kappa shape index (κ2) is 3.54. The van der Waals surface area contributed by atoms with Gasteiger partial charge in [0, 0.05) is 6.20 Å². The summed E-state index contributed by atoms with van der Waals surface area (Å²) in [6, 6.07) is -4.36. The van der Waals surface area contributed by atoms with Gasteiger partial charge in [-0.05, 0) is 5.21 Å². The first kappa shape index (κ1) is 10.5. The minimum atomic E-state index is -4.36. The van der Waals surface area contributed by atoms with Gasteiger partial charge in [0.15, 0.2) is 0 Å². The van der Waals surface area contributed by atoms with Gasteiger partial charge in [-0.2, -0.15) is 19.1 Å². The zero-order valence-electron chi connectivity index (χ0n) is 7.48. The van der Waals surface area contributed by atoms with Crippen molar-refractivity contribution in [2.24, 2.45) is 0 Å². The lowest BCUT2D eigenvalue weighted by molar-refractivity contribution is -0.196. The Morgan fingerprint density at radius 1 is 1.38 bits per heavy atom. The van der Waals surface area contributed by atoms with E-state index in [4.69, 9.17) is 0 Å². The van der Waals surface area contributed by atoms with Crippen molar-refractivity contribution in [3.63, 3.8) is 0 Å². The number of aromatic nitrogens is 6. The smallest absolute Gasteiger partial charge is 0.203 e. The second-order valence-electron chi connectivity index (χ2n) is 2.80. The number of rotatable bonds is 3. The Morgan fingerprint density at radius 3 is 2.69 bits per heavy atom. The van der Waals surface area contributed by atoms with Gasteiger partial charge in [0.1, 0.15) is 0 Å². The Bertz CT molecular complexity index is 463. The van der Waals surface area contributed by atoms with E-state index in [0.717, 1.165) is 12.4 Å². The number of hydrogen-bond donors (Lipinski definition) is 1. The first-order valence-electron chi connectivity index (χ1n) is 3.96. The molecule has 0 spiro atoms. The number of H-pyrrole nitrogens is 1. The maximum Gasteiger partial charge on any atom is 0.403 e. The third-order valence-electron chi connectivity index (χ3n) is 1.75. The number of nitrogens with one attached hydrogen (secondary N) is 1. The van der Waals surface area contributed by atoms with Crippen LogP contribution in [0.2, 0.25) is 0 Å². The van der Waals surface area contributed by atoms with E-state index in [1.54, 1.807) is 0 Å². The average molecular weight is 236 g/mol. The molecule has 2 rings (SSSR count). The van der Waals surface area contributed by atoms with Crippen molar-refractivity contribution >= 4 is 0 Å². The second-order valence-corrected chi connectivity index (χ2v) is 2.80. The molecule has 0 aliphatic rings. The third-order valence-corrected chi connectivity index (χ3v) is 1.75. The predicted octanol–water partition coefficient (Wildman–Crippen LogP) is 0.878. The monoisotopic (exact) mass is 236 g/mol. The summed E-state index contributed by atoms with van der Waals surface area (Å²) in [4.78, 5) is 0. The molecule has 6 nitrogen and oxygen atoms in total. The summed E-state index contributed by atoms with van der Waals surface area (Å²) in [6.45, 7) is 0. The van der Waals surface area contributed by atoms with Crippen LogP contribution in [0, 0.1) is 0 Å². The molecule has 0 radical (unpaired) electrons. The summed E-state index contributed by atoms with van der Waals surface area (Å²) >= 11 is 0. The van der Waals surface area contributed by atoms with E-state index < -0.39 is 12.5 Å². The first-order valence-corrected chi connectivity index (χ1v) is 3.96. The van der Waals surface area contributed by atoms with Crippen LogP contribution in [0.5, 0.6) is 0 Å². The van der Waals surface area contributed by atoms with E-state index in [-0.39, 0.29) is 16.1 Å². The molecule has 16 heavy (non-hydrogen) atoms. The molecule has 0 amide bonds. The van der Waals surface area contributed by atoms with Crippen molar-refractivity contribution in [3.05, 3.63) is 12.4 Å². The van der Waals surface area contributed by atoms with Crippen molar-refractivity contribution in [2.75, 3.05) is 0 Å². The molecule has 0 unspecified atom stereocenters. The molecule has 0 aromatic carbocycles. The summed E-state index contributed by atoms with van der Waals surface area (Å²) in [5.41, 5.74) is 0.0640. The van der Waals surface area contributed by atoms with Gasteiger partial charge in [-0.25, -0.2) is 13.5 Å². The van der Waals surface area contributed by atoms with E-state index in [1.807, 2.05) is 0 Å². The molecule has 0 bridgehead atoms. The molecule has 0 aliphatic carbocycles. The average Bonchev–Trinajstić information content (AvgIpc) is 2.88. The Kier molecular flexibility index (Phi) is 2.33. The van der Waals surface area contributed by atoms with Crippen molar-refractivity contribution in [1.82, 2.24) is 30.4 Å². The van der Waals surface area contributed by atoms with Crippen LogP contribution in [0.4, 0.5) is 17.6 Å². The molecule has 2 aromatic rings. The molecule has 0 saturated heterocycles. The van der Waals surface area contributed by atoms with Crippen molar-refractivity contribution < 1.29 is 17.6 Å². The van der Waals surface area contributed by atoms with Crippen LogP contribution in [-0.4, -0.2) is 36.8 Å². The maximum absolute atomic E-state index is 12.8. The molecule has 0 fully saturated rings. The molecule has 2 aromatic heterocycles. The SMILES string of the molecule is FC(F)C(F)(F)n1cc(-c2nn[nH]n2)cn1. The Morgan fingerprint density at radius 2 is 2.12 bits per heavy atom. The Hall–Kier alpha value is -2.00. The maximum atomic E-state index is 12.8. The molecule has 86 valence electrons. The Balaban J connectivity index is 2.33. The zero-order chi connectivity index (χ0) is 11.8. The molecule has 1 N–H and O–H groups in total. The largest absolute Gasteiger partial charge is 0.403 e. The van der Waals surface area contributed by atoms with E-state index in [0.29, 0.717) is 0 Å². The van der Waals surface area contributed by atoms with Gasteiger partial charge in [-0.1, -0.05) is 0 Å². The number of aromatic amines is 1. The molecular weight excluding hydrogens is 232 g/mol. The Labute approximate surface area is 85.3 Å². The van der Waals surface area contributed by atoms with Crippen LogP contribution < -0.4 is 0 Å². The van der Waals surface area contributed by atoms with Gasteiger partial charge < -0.3 is 0 Å². The van der Waals surface area contributed by atoms with Crippen LogP contribution in [0.3, 0.4) is 0 Å².